The van der Waals surface area contributed by atoms with Crippen LogP contribution in [-0.2, 0) is 29.6 Å². The lowest BCUT2D eigenvalue weighted by Crippen LogP contribution is -2.38. The lowest BCUT2D eigenvalue weighted by molar-refractivity contribution is -0.115. The molecule has 0 unspecified atom stereocenters. The first-order chi connectivity index (χ1) is 29.2. The molecule has 2 N–H and O–H groups in total. The lowest BCUT2D eigenvalue weighted by atomic mass is 10.0. The minimum atomic E-state index is -4.65. The highest BCUT2D eigenvalue weighted by atomic mass is 32.2. The molecule has 0 saturated carbocycles. The van der Waals surface area contributed by atoms with Gasteiger partial charge in [-0.05, 0) is 79.1 Å². The standard InChI is InChI=1S/C41H39FN6O10S3/c1-26-34(25-59-46-26)45-40(50)24-47(60(51,52)30-11-7-6-8-12-30)35-21-37(56-3)32(20-38(35)57-4)33-18-29(55-2)19-36(41(33)58-5)48(23-39(49)44-28-10-9-17-43-22-28)61(53,54)31-15-13-27(42)14-16-31/h6-22,25H,23-24H2,1-5H3,(H,44,49)(H,45,50). The van der Waals surface area contributed by atoms with Gasteiger partial charge in [0.1, 0.15) is 36.2 Å². The molecule has 0 bridgehead atoms. The second kappa shape index (κ2) is 18.7. The van der Waals surface area contributed by atoms with Gasteiger partial charge in [0.2, 0.25) is 11.8 Å². The van der Waals surface area contributed by atoms with Crippen LogP contribution in [-0.4, -0.2) is 79.5 Å². The second-order valence-corrected chi connectivity index (χ2v) is 17.2. The van der Waals surface area contributed by atoms with E-state index in [1.807, 2.05) is 0 Å². The van der Waals surface area contributed by atoms with Crippen LogP contribution < -0.4 is 38.2 Å². The first-order valence-electron chi connectivity index (χ1n) is 18.0. The highest BCUT2D eigenvalue weighted by Gasteiger charge is 2.34. The van der Waals surface area contributed by atoms with Crippen molar-refractivity contribution in [3.63, 3.8) is 0 Å². The molecule has 0 aliphatic rings. The molecule has 4 aromatic carbocycles. The summed E-state index contributed by atoms with van der Waals surface area (Å²) < 4.78 is 101. The van der Waals surface area contributed by atoms with Crippen LogP contribution >= 0.6 is 11.5 Å². The Morgan fingerprint density at radius 2 is 1.34 bits per heavy atom. The number of nitrogens with zero attached hydrogens (tertiary/aromatic N) is 4. The van der Waals surface area contributed by atoms with E-state index in [-0.39, 0.29) is 55.3 Å². The summed E-state index contributed by atoms with van der Waals surface area (Å²) in [5.74, 6) is -2.13. The molecule has 2 amide bonds. The van der Waals surface area contributed by atoms with Gasteiger partial charge in [0.05, 0.1) is 72.9 Å². The number of aryl methyl sites for hydroxylation is 1. The number of carbonyl (C=O) groups is 2. The van der Waals surface area contributed by atoms with Crippen molar-refractivity contribution in [1.29, 1.82) is 0 Å². The van der Waals surface area contributed by atoms with E-state index in [4.69, 9.17) is 18.9 Å². The van der Waals surface area contributed by atoms with Crippen LogP contribution in [0.25, 0.3) is 11.1 Å². The average Bonchev–Trinajstić information content (AvgIpc) is 3.67. The van der Waals surface area contributed by atoms with Crippen molar-refractivity contribution in [1.82, 2.24) is 9.36 Å². The van der Waals surface area contributed by atoms with Gasteiger partial charge in [-0.3, -0.25) is 23.2 Å². The third-order valence-corrected chi connectivity index (χ3v) is 13.4. The van der Waals surface area contributed by atoms with E-state index in [1.54, 1.807) is 42.6 Å². The molecular weight excluding hydrogens is 852 g/mol. The molecule has 0 aliphatic carbocycles. The molecule has 0 atom stereocenters. The molecule has 16 nitrogen and oxygen atoms in total. The number of carbonyl (C=O) groups excluding carboxylic acids is 2. The van der Waals surface area contributed by atoms with Gasteiger partial charge in [-0.15, -0.1) is 0 Å². The van der Waals surface area contributed by atoms with Crippen molar-refractivity contribution in [2.45, 2.75) is 16.7 Å². The van der Waals surface area contributed by atoms with E-state index in [9.17, 15) is 30.8 Å². The van der Waals surface area contributed by atoms with Crippen LogP contribution in [0.1, 0.15) is 5.69 Å². The summed E-state index contributed by atoms with van der Waals surface area (Å²) in [4.78, 5) is 30.7. The Morgan fingerprint density at radius 1 is 0.705 bits per heavy atom. The highest BCUT2D eigenvalue weighted by molar-refractivity contribution is 7.93. The number of nitrogens with one attached hydrogen (secondary N) is 2. The van der Waals surface area contributed by atoms with E-state index in [1.165, 1.54) is 77.2 Å². The van der Waals surface area contributed by atoms with E-state index >= 15 is 0 Å². The maximum Gasteiger partial charge on any atom is 0.264 e. The largest absolute Gasteiger partial charge is 0.497 e. The third-order valence-electron chi connectivity index (χ3n) is 9.09. The normalized spacial score (nSPS) is 11.3. The Bertz CT molecular complexity index is 2760. The maximum atomic E-state index is 14.5. The van der Waals surface area contributed by atoms with E-state index < -0.39 is 50.8 Å². The van der Waals surface area contributed by atoms with Crippen molar-refractivity contribution in [2.24, 2.45) is 0 Å². The number of halogens is 1. The Balaban J connectivity index is 1.53. The number of hydrogen-bond acceptors (Lipinski definition) is 13. The molecule has 6 aromatic rings. The van der Waals surface area contributed by atoms with Crippen LogP contribution in [0.5, 0.6) is 23.0 Å². The number of anilines is 4. The molecule has 2 aromatic heterocycles. The van der Waals surface area contributed by atoms with Crippen molar-refractivity contribution >= 4 is 66.1 Å². The van der Waals surface area contributed by atoms with Crippen molar-refractivity contribution in [2.75, 3.05) is 60.8 Å². The van der Waals surface area contributed by atoms with E-state index in [0.29, 0.717) is 17.1 Å². The average molecular weight is 891 g/mol. The molecule has 2 heterocycles. The smallest absolute Gasteiger partial charge is 0.264 e. The summed E-state index contributed by atoms with van der Waals surface area (Å²) in [6, 6.07) is 20.4. The van der Waals surface area contributed by atoms with Gasteiger partial charge in [-0.2, -0.15) is 4.37 Å². The number of methoxy groups -OCH3 is 4. The predicted octanol–water partition coefficient (Wildman–Crippen LogP) is 6.36. The Labute approximate surface area is 355 Å². The number of hydrogen-bond donors (Lipinski definition) is 2. The van der Waals surface area contributed by atoms with Crippen LogP contribution in [0.15, 0.2) is 119 Å². The summed E-state index contributed by atoms with van der Waals surface area (Å²) in [6.45, 7) is 0.200. The molecular formula is C41H39FN6O10S3. The zero-order valence-electron chi connectivity index (χ0n) is 33.3. The van der Waals surface area contributed by atoms with Gasteiger partial charge in [-0.1, -0.05) is 18.2 Å². The molecule has 0 saturated heterocycles. The van der Waals surface area contributed by atoms with E-state index in [0.717, 1.165) is 44.4 Å². The summed E-state index contributed by atoms with van der Waals surface area (Å²) in [5.41, 5.74) is 1.35. The number of amides is 2. The first-order valence-corrected chi connectivity index (χ1v) is 21.7. The molecule has 6 rings (SSSR count). The second-order valence-electron chi connectivity index (χ2n) is 12.9. The molecule has 61 heavy (non-hydrogen) atoms. The summed E-state index contributed by atoms with van der Waals surface area (Å²) in [7, 11) is -3.86. The van der Waals surface area contributed by atoms with Crippen LogP contribution in [0.2, 0.25) is 0 Å². The van der Waals surface area contributed by atoms with Crippen LogP contribution in [0.4, 0.5) is 27.1 Å². The third kappa shape index (κ3) is 9.51. The van der Waals surface area contributed by atoms with Gasteiger partial charge in [-0.25, -0.2) is 21.2 Å². The zero-order chi connectivity index (χ0) is 43.9. The van der Waals surface area contributed by atoms with Gasteiger partial charge in [0, 0.05) is 34.8 Å². The minimum absolute atomic E-state index is 0.0297. The summed E-state index contributed by atoms with van der Waals surface area (Å²) >= 11 is 1.12. The molecule has 0 fully saturated rings. The molecule has 20 heteroatoms. The molecule has 318 valence electrons. The Morgan fingerprint density at radius 3 is 1.92 bits per heavy atom. The molecule has 0 aliphatic heterocycles. The van der Waals surface area contributed by atoms with Crippen molar-refractivity contribution in [3.05, 3.63) is 120 Å². The Hall–Kier alpha value is -6.77. The van der Waals surface area contributed by atoms with Gasteiger partial charge < -0.3 is 29.6 Å². The number of ether oxygens (including phenoxy) is 4. The predicted molar refractivity (Wildman–Crippen MR) is 228 cm³/mol. The quantitative estimate of drug-likeness (QED) is 0.103. The van der Waals surface area contributed by atoms with Crippen LogP contribution in [0, 0.1) is 12.7 Å². The monoisotopic (exact) mass is 890 g/mol. The number of pyridine rings is 1. The molecule has 0 spiro atoms. The van der Waals surface area contributed by atoms with Crippen molar-refractivity contribution in [3.8, 4) is 34.1 Å². The zero-order valence-corrected chi connectivity index (χ0v) is 35.7. The van der Waals surface area contributed by atoms with Crippen molar-refractivity contribution < 1.29 is 49.8 Å². The number of sulfonamides is 2. The Kier molecular flexibility index (Phi) is 13.4. The maximum absolute atomic E-state index is 14.5. The summed E-state index contributed by atoms with van der Waals surface area (Å²) in [5, 5.41) is 6.96. The number of aromatic nitrogens is 2. The fourth-order valence-corrected chi connectivity index (χ4v) is 9.65. The van der Waals surface area contributed by atoms with Gasteiger partial charge in [0.15, 0.2) is 5.75 Å². The topological polar surface area (TPSA) is 196 Å². The first kappa shape index (κ1) is 43.8. The van der Waals surface area contributed by atoms with E-state index in [2.05, 4.69) is 20.0 Å². The SMILES string of the molecule is COc1cc(-c2cc(OC)c(N(CC(=O)Nc3csnc3C)S(=O)(=O)c3ccccc3)cc2OC)c(OC)c(N(CC(=O)Nc2cccnc2)S(=O)(=O)c2ccc(F)cc2)c1. The fourth-order valence-electron chi connectivity index (χ4n) is 6.15. The van der Waals surface area contributed by atoms with Gasteiger partial charge >= 0.3 is 0 Å². The highest BCUT2D eigenvalue weighted by Crippen LogP contribution is 2.49. The summed E-state index contributed by atoms with van der Waals surface area (Å²) in [6.07, 6.45) is 2.88. The fraction of sp³-hybridized carbons (Fsp3) is 0.171. The van der Waals surface area contributed by atoms with Crippen LogP contribution in [0.3, 0.4) is 0 Å². The number of rotatable bonds is 17. The number of benzene rings is 4. The molecule has 0 radical (unpaired) electrons. The van der Waals surface area contributed by atoms with Gasteiger partial charge in [0.25, 0.3) is 20.0 Å². The minimum Gasteiger partial charge on any atom is -0.497 e. The lowest BCUT2D eigenvalue weighted by Gasteiger charge is -2.29.